The van der Waals surface area contributed by atoms with Crippen LogP contribution in [0.3, 0.4) is 0 Å². The standard InChI is InChI=1S/C9H11Cl2FN2/c1-5(10)6(2)14-9-8(12)3-7(11)4-13-9/h3-6H,1-2H3,(H,13,14). The third-order valence-electron chi connectivity index (χ3n) is 1.86. The van der Waals surface area contributed by atoms with Gasteiger partial charge in [0.25, 0.3) is 0 Å². The van der Waals surface area contributed by atoms with Crippen molar-refractivity contribution in [1.29, 1.82) is 0 Å². The molecular weight excluding hydrogens is 226 g/mol. The second-order valence-corrected chi connectivity index (χ2v) is 4.22. The van der Waals surface area contributed by atoms with Crippen molar-refractivity contribution < 1.29 is 4.39 Å². The van der Waals surface area contributed by atoms with Crippen LogP contribution in [-0.4, -0.2) is 16.4 Å². The third-order valence-corrected chi connectivity index (χ3v) is 2.45. The summed E-state index contributed by atoms with van der Waals surface area (Å²) in [7, 11) is 0. The lowest BCUT2D eigenvalue weighted by molar-refractivity contribution is 0.619. The van der Waals surface area contributed by atoms with Gasteiger partial charge in [-0.15, -0.1) is 11.6 Å². The number of nitrogens with zero attached hydrogens (tertiary/aromatic N) is 1. The Morgan fingerprint density at radius 1 is 1.50 bits per heavy atom. The van der Waals surface area contributed by atoms with Crippen LogP contribution in [0.2, 0.25) is 5.02 Å². The molecule has 1 aromatic heterocycles. The Bertz CT molecular complexity index is 318. The molecule has 5 heteroatoms. The molecular formula is C9H11Cl2FN2. The molecule has 0 radical (unpaired) electrons. The molecule has 1 heterocycles. The van der Waals surface area contributed by atoms with E-state index in [-0.39, 0.29) is 22.3 Å². The van der Waals surface area contributed by atoms with E-state index in [1.807, 2.05) is 13.8 Å². The van der Waals surface area contributed by atoms with Gasteiger partial charge in [-0.05, 0) is 19.9 Å². The van der Waals surface area contributed by atoms with Gasteiger partial charge >= 0.3 is 0 Å². The summed E-state index contributed by atoms with van der Waals surface area (Å²) < 4.78 is 13.2. The predicted molar refractivity (Wildman–Crippen MR) is 57.6 cm³/mol. The predicted octanol–water partition coefficient (Wildman–Crippen LogP) is 3.30. The largest absolute Gasteiger partial charge is 0.364 e. The normalized spacial score (nSPS) is 14.9. The van der Waals surface area contributed by atoms with E-state index in [1.165, 1.54) is 12.3 Å². The Labute approximate surface area is 92.4 Å². The molecule has 0 aliphatic rings. The van der Waals surface area contributed by atoms with E-state index < -0.39 is 5.82 Å². The molecule has 0 saturated heterocycles. The van der Waals surface area contributed by atoms with E-state index in [9.17, 15) is 4.39 Å². The van der Waals surface area contributed by atoms with E-state index in [4.69, 9.17) is 23.2 Å². The number of halogens is 3. The summed E-state index contributed by atoms with van der Waals surface area (Å²) in [6.45, 7) is 3.68. The average Bonchev–Trinajstić information content (AvgIpc) is 2.09. The third kappa shape index (κ3) is 3.00. The van der Waals surface area contributed by atoms with Crippen LogP contribution in [0.4, 0.5) is 10.2 Å². The number of anilines is 1. The van der Waals surface area contributed by atoms with Crippen molar-refractivity contribution in [2.75, 3.05) is 5.32 Å². The van der Waals surface area contributed by atoms with Crippen molar-refractivity contribution in [1.82, 2.24) is 4.98 Å². The molecule has 0 aliphatic carbocycles. The highest BCUT2D eigenvalue weighted by Crippen LogP contribution is 2.17. The van der Waals surface area contributed by atoms with Crippen LogP contribution in [0.1, 0.15) is 13.8 Å². The molecule has 2 unspecified atom stereocenters. The molecule has 0 aromatic carbocycles. The van der Waals surface area contributed by atoms with Crippen molar-refractivity contribution >= 4 is 29.0 Å². The van der Waals surface area contributed by atoms with Crippen LogP contribution >= 0.6 is 23.2 Å². The highest BCUT2D eigenvalue weighted by atomic mass is 35.5. The molecule has 1 N–H and O–H groups in total. The zero-order valence-corrected chi connectivity index (χ0v) is 9.40. The van der Waals surface area contributed by atoms with E-state index in [0.717, 1.165) is 0 Å². The van der Waals surface area contributed by atoms with Crippen molar-refractivity contribution in [2.45, 2.75) is 25.3 Å². The number of rotatable bonds is 3. The van der Waals surface area contributed by atoms with Gasteiger partial charge in [0, 0.05) is 12.2 Å². The molecule has 0 saturated carbocycles. The maximum atomic E-state index is 13.2. The highest BCUT2D eigenvalue weighted by Gasteiger charge is 2.12. The smallest absolute Gasteiger partial charge is 0.166 e. The Hall–Kier alpha value is -0.540. The van der Waals surface area contributed by atoms with E-state index >= 15 is 0 Å². The summed E-state index contributed by atoms with van der Waals surface area (Å²) in [6.07, 6.45) is 1.39. The molecule has 2 nitrogen and oxygen atoms in total. The molecule has 1 rings (SSSR count). The topological polar surface area (TPSA) is 24.9 Å². The van der Waals surface area contributed by atoms with E-state index in [2.05, 4.69) is 10.3 Å². The van der Waals surface area contributed by atoms with Crippen LogP contribution in [0.15, 0.2) is 12.3 Å². The second-order valence-electron chi connectivity index (χ2n) is 3.09. The number of hydrogen-bond acceptors (Lipinski definition) is 2. The number of hydrogen-bond donors (Lipinski definition) is 1. The maximum absolute atomic E-state index is 13.2. The number of aromatic nitrogens is 1. The van der Waals surface area contributed by atoms with Crippen LogP contribution in [0, 0.1) is 5.82 Å². The van der Waals surface area contributed by atoms with Gasteiger partial charge in [0.15, 0.2) is 11.6 Å². The highest BCUT2D eigenvalue weighted by molar-refractivity contribution is 6.30. The van der Waals surface area contributed by atoms with Gasteiger partial charge in [-0.2, -0.15) is 0 Å². The minimum atomic E-state index is -0.471. The Kier molecular flexibility index (Phi) is 3.96. The molecule has 78 valence electrons. The fraction of sp³-hybridized carbons (Fsp3) is 0.444. The van der Waals surface area contributed by atoms with E-state index in [0.29, 0.717) is 0 Å². The second kappa shape index (κ2) is 4.80. The first-order valence-electron chi connectivity index (χ1n) is 4.22. The zero-order chi connectivity index (χ0) is 10.7. The fourth-order valence-corrected chi connectivity index (χ4v) is 1.06. The Morgan fingerprint density at radius 2 is 2.14 bits per heavy atom. The summed E-state index contributed by atoms with van der Waals surface area (Å²) in [6, 6.07) is 1.16. The lowest BCUT2D eigenvalue weighted by atomic mass is 10.2. The summed E-state index contributed by atoms with van der Waals surface area (Å²) >= 11 is 11.4. The van der Waals surface area contributed by atoms with Gasteiger partial charge in [-0.1, -0.05) is 11.6 Å². The first-order chi connectivity index (χ1) is 6.50. The van der Waals surface area contributed by atoms with Crippen molar-refractivity contribution in [2.24, 2.45) is 0 Å². The van der Waals surface area contributed by atoms with E-state index in [1.54, 1.807) is 0 Å². The van der Waals surface area contributed by atoms with Gasteiger partial charge < -0.3 is 5.32 Å². The zero-order valence-electron chi connectivity index (χ0n) is 7.89. The van der Waals surface area contributed by atoms with Gasteiger partial charge in [-0.25, -0.2) is 9.37 Å². The minimum Gasteiger partial charge on any atom is -0.364 e. The van der Waals surface area contributed by atoms with Crippen LogP contribution in [0.5, 0.6) is 0 Å². The summed E-state index contributed by atoms with van der Waals surface area (Å²) in [5.74, 6) is -0.295. The molecule has 2 atom stereocenters. The van der Waals surface area contributed by atoms with Gasteiger partial charge in [0.1, 0.15) is 0 Å². The summed E-state index contributed by atoms with van der Waals surface area (Å²) in [5.41, 5.74) is 0. The maximum Gasteiger partial charge on any atom is 0.166 e. The molecule has 0 fully saturated rings. The van der Waals surface area contributed by atoms with Crippen molar-refractivity contribution in [3.63, 3.8) is 0 Å². The lowest BCUT2D eigenvalue weighted by Crippen LogP contribution is -2.25. The number of alkyl halides is 1. The molecule has 0 amide bonds. The molecule has 0 spiro atoms. The van der Waals surface area contributed by atoms with Crippen LogP contribution < -0.4 is 5.32 Å². The lowest BCUT2D eigenvalue weighted by Gasteiger charge is -2.16. The van der Waals surface area contributed by atoms with Gasteiger partial charge in [-0.3, -0.25) is 0 Å². The molecule has 0 bridgehead atoms. The summed E-state index contributed by atoms with van der Waals surface area (Å²) in [5, 5.41) is 3.03. The first kappa shape index (κ1) is 11.5. The van der Waals surface area contributed by atoms with Crippen molar-refractivity contribution in [3.8, 4) is 0 Å². The SMILES string of the molecule is CC(Cl)C(C)Nc1ncc(Cl)cc1F. The minimum absolute atomic E-state index is 0.0557. The average molecular weight is 237 g/mol. The first-order valence-corrected chi connectivity index (χ1v) is 5.04. The summed E-state index contributed by atoms with van der Waals surface area (Å²) in [4.78, 5) is 3.82. The fourth-order valence-electron chi connectivity index (χ4n) is 0.851. The Balaban J connectivity index is 2.77. The van der Waals surface area contributed by atoms with Gasteiger partial charge in [0.05, 0.1) is 10.4 Å². The molecule has 14 heavy (non-hydrogen) atoms. The molecule has 0 aliphatic heterocycles. The quantitative estimate of drug-likeness (QED) is 0.816. The number of pyridine rings is 1. The van der Waals surface area contributed by atoms with Gasteiger partial charge in [0.2, 0.25) is 0 Å². The number of nitrogens with one attached hydrogen (secondary N) is 1. The van der Waals surface area contributed by atoms with Crippen molar-refractivity contribution in [3.05, 3.63) is 23.1 Å². The van der Waals surface area contributed by atoms with Crippen LogP contribution in [-0.2, 0) is 0 Å². The monoisotopic (exact) mass is 236 g/mol. The molecule has 1 aromatic rings. The van der Waals surface area contributed by atoms with Crippen LogP contribution in [0.25, 0.3) is 0 Å². The Morgan fingerprint density at radius 3 is 2.64 bits per heavy atom.